The summed E-state index contributed by atoms with van der Waals surface area (Å²) in [6, 6.07) is 3.84. The molecule has 0 fully saturated rings. The monoisotopic (exact) mass is 267 g/mol. The van der Waals surface area contributed by atoms with Gasteiger partial charge in [-0.3, -0.25) is 0 Å². The van der Waals surface area contributed by atoms with Crippen LogP contribution in [0.15, 0.2) is 18.5 Å². The van der Waals surface area contributed by atoms with Gasteiger partial charge in [-0.15, -0.1) is 0 Å². The number of rotatable bonds is 1. The summed E-state index contributed by atoms with van der Waals surface area (Å²) in [5, 5.41) is 1.10. The number of aryl methyl sites for hydroxylation is 2. The molecule has 2 rings (SSSR count). The summed E-state index contributed by atoms with van der Waals surface area (Å²) in [5.41, 5.74) is 9.20. The Morgan fingerprint density at radius 2 is 1.76 bits per heavy atom. The maximum Gasteiger partial charge on any atom is 0.146 e. The lowest BCUT2D eigenvalue weighted by Crippen LogP contribution is -1.97. The largest absolute Gasteiger partial charge is 0.382 e. The second-order valence-corrected chi connectivity index (χ2v) is 4.62. The summed E-state index contributed by atoms with van der Waals surface area (Å²) in [4.78, 5) is 8.02. The first-order valence-corrected chi connectivity index (χ1v) is 5.79. The predicted molar refractivity (Wildman–Crippen MR) is 71.4 cm³/mol. The zero-order valence-electron chi connectivity index (χ0n) is 9.46. The highest BCUT2D eigenvalue weighted by Crippen LogP contribution is 2.33. The van der Waals surface area contributed by atoms with Gasteiger partial charge in [0, 0.05) is 10.6 Å². The van der Waals surface area contributed by atoms with Gasteiger partial charge in [0.05, 0.1) is 5.69 Å². The molecule has 0 bridgehead atoms. The SMILES string of the molecule is Cc1cc(-c2ncnc(N)c2Cl)c(C)cc1Cl. The molecule has 0 atom stereocenters. The molecule has 2 N–H and O–H groups in total. The summed E-state index contributed by atoms with van der Waals surface area (Å²) >= 11 is 12.2. The van der Waals surface area contributed by atoms with Crippen molar-refractivity contribution in [2.24, 2.45) is 0 Å². The van der Waals surface area contributed by atoms with E-state index in [0.717, 1.165) is 21.7 Å². The van der Waals surface area contributed by atoms with Gasteiger partial charge >= 0.3 is 0 Å². The van der Waals surface area contributed by atoms with Crippen molar-refractivity contribution in [1.29, 1.82) is 0 Å². The van der Waals surface area contributed by atoms with Crippen molar-refractivity contribution in [2.75, 3.05) is 5.73 Å². The van der Waals surface area contributed by atoms with Crippen LogP contribution in [0.25, 0.3) is 11.3 Å². The van der Waals surface area contributed by atoms with E-state index in [1.54, 1.807) is 0 Å². The molecule has 0 amide bonds. The van der Waals surface area contributed by atoms with Gasteiger partial charge in [0.15, 0.2) is 0 Å². The lowest BCUT2D eigenvalue weighted by atomic mass is 10.0. The summed E-state index contributed by atoms with van der Waals surface area (Å²) in [6.45, 7) is 3.89. The Balaban J connectivity index is 2.69. The molecule has 0 saturated heterocycles. The van der Waals surface area contributed by atoms with E-state index >= 15 is 0 Å². The van der Waals surface area contributed by atoms with E-state index in [1.165, 1.54) is 6.33 Å². The van der Waals surface area contributed by atoms with E-state index in [2.05, 4.69) is 9.97 Å². The van der Waals surface area contributed by atoms with Gasteiger partial charge in [-0.1, -0.05) is 23.2 Å². The molecule has 0 aliphatic heterocycles. The minimum atomic E-state index is 0.281. The van der Waals surface area contributed by atoms with E-state index in [-0.39, 0.29) is 5.82 Å². The van der Waals surface area contributed by atoms with Gasteiger partial charge < -0.3 is 5.73 Å². The molecule has 17 heavy (non-hydrogen) atoms. The van der Waals surface area contributed by atoms with Crippen LogP contribution in [0.4, 0.5) is 5.82 Å². The van der Waals surface area contributed by atoms with Crippen LogP contribution in [-0.4, -0.2) is 9.97 Å². The topological polar surface area (TPSA) is 51.8 Å². The summed E-state index contributed by atoms with van der Waals surface area (Å²) in [6.07, 6.45) is 1.40. The van der Waals surface area contributed by atoms with E-state index in [9.17, 15) is 0 Å². The molecule has 88 valence electrons. The molecule has 0 aliphatic rings. The van der Waals surface area contributed by atoms with Crippen LogP contribution in [0.3, 0.4) is 0 Å². The summed E-state index contributed by atoms with van der Waals surface area (Å²) < 4.78 is 0. The van der Waals surface area contributed by atoms with Crippen LogP contribution < -0.4 is 5.73 Å². The van der Waals surface area contributed by atoms with Crippen LogP contribution in [0, 0.1) is 13.8 Å². The van der Waals surface area contributed by atoms with Crippen molar-refractivity contribution < 1.29 is 0 Å². The maximum atomic E-state index is 6.11. The van der Waals surface area contributed by atoms with Gasteiger partial charge in [0.2, 0.25) is 0 Å². The average molecular weight is 268 g/mol. The van der Waals surface area contributed by atoms with Gasteiger partial charge in [-0.25, -0.2) is 9.97 Å². The fourth-order valence-corrected chi connectivity index (χ4v) is 2.02. The third-order valence-corrected chi connectivity index (χ3v) is 3.36. The lowest BCUT2D eigenvalue weighted by molar-refractivity contribution is 1.17. The molecule has 1 aromatic heterocycles. The van der Waals surface area contributed by atoms with Crippen molar-refractivity contribution >= 4 is 29.0 Å². The van der Waals surface area contributed by atoms with Crippen LogP contribution >= 0.6 is 23.2 Å². The second kappa shape index (κ2) is 4.51. The Kier molecular flexibility index (Phi) is 3.22. The van der Waals surface area contributed by atoms with Crippen molar-refractivity contribution in [1.82, 2.24) is 9.97 Å². The minimum absolute atomic E-state index is 0.281. The standard InChI is InChI=1S/C12H11Cl2N3/c1-6-4-9(13)7(2)3-8(6)11-10(14)12(15)17-5-16-11/h3-5H,1-2H3,(H2,15,16,17). The first-order valence-electron chi connectivity index (χ1n) is 5.03. The highest BCUT2D eigenvalue weighted by molar-refractivity contribution is 6.35. The Bertz CT molecular complexity index is 582. The molecule has 0 radical (unpaired) electrons. The number of nitrogens with two attached hydrogens (primary N) is 1. The molecule has 0 unspecified atom stereocenters. The third kappa shape index (κ3) is 2.21. The summed E-state index contributed by atoms with van der Waals surface area (Å²) in [7, 11) is 0. The molecule has 1 heterocycles. The Morgan fingerprint density at radius 1 is 1.06 bits per heavy atom. The van der Waals surface area contributed by atoms with E-state index < -0.39 is 0 Å². The minimum Gasteiger partial charge on any atom is -0.382 e. The Labute approximate surface area is 110 Å². The van der Waals surface area contributed by atoms with Crippen molar-refractivity contribution in [3.05, 3.63) is 39.6 Å². The number of hydrogen-bond acceptors (Lipinski definition) is 3. The van der Waals surface area contributed by atoms with Gasteiger partial charge in [0.25, 0.3) is 0 Å². The number of halogens is 2. The molecule has 2 aromatic rings. The molecule has 1 aromatic carbocycles. The van der Waals surface area contributed by atoms with E-state index in [1.807, 2.05) is 26.0 Å². The zero-order valence-corrected chi connectivity index (χ0v) is 11.0. The van der Waals surface area contributed by atoms with Crippen LogP contribution in [-0.2, 0) is 0 Å². The predicted octanol–water partition coefficient (Wildman–Crippen LogP) is 3.65. The molecule has 5 heteroatoms. The molecule has 0 aliphatic carbocycles. The van der Waals surface area contributed by atoms with Gasteiger partial charge in [0.1, 0.15) is 17.2 Å². The fraction of sp³-hybridized carbons (Fsp3) is 0.167. The number of hydrogen-bond donors (Lipinski definition) is 1. The quantitative estimate of drug-likeness (QED) is 0.858. The normalized spacial score (nSPS) is 10.6. The highest BCUT2D eigenvalue weighted by atomic mass is 35.5. The number of nitrogen functional groups attached to an aromatic ring is 1. The zero-order chi connectivity index (χ0) is 12.6. The first kappa shape index (κ1) is 12.1. The third-order valence-electron chi connectivity index (χ3n) is 2.58. The van der Waals surface area contributed by atoms with Gasteiger partial charge in [-0.2, -0.15) is 0 Å². The van der Waals surface area contributed by atoms with Gasteiger partial charge in [-0.05, 0) is 37.1 Å². The van der Waals surface area contributed by atoms with Crippen LogP contribution in [0.1, 0.15) is 11.1 Å². The molecular formula is C12H11Cl2N3. The maximum absolute atomic E-state index is 6.11. The molecular weight excluding hydrogens is 257 g/mol. The lowest BCUT2D eigenvalue weighted by Gasteiger charge is -2.10. The number of nitrogens with zero attached hydrogens (tertiary/aromatic N) is 2. The molecule has 0 saturated carbocycles. The average Bonchev–Trinajstić information content (AvgIpc) is 2.28. The highest BCUT2D eigenvalue weighted by Gasteiger charge is 2.12. The summed E-state index contributed by atoms with van der Waals surface area (Å²) in [5.74, 6) is 0.281. The Morgan fingerprint density at radius 3 is 2.47 bits per heavy atom. The van der Waals surface area contributed by atoms with E-state index in [0.29, 0.717) is 10.7 Å². The van der Waals surface area contributed by atoms with Crippen molar-refractivity contribution in [2.45, 2.75) is 13.8 Å². The van der Waals surface area contributed by atoms with Crippen molar-refractivity contribution in [3.63, 3.8) is 0 Å². The fourth-order valence-electron chi connectivity index (χ4n) is 1.61. The molecule has 3 nitrogen and oxygen atoms in total. The first-order chi connectivity index (χ1) is 8.00. The number of aromatic nitrogens is 2. The number of benzene rings is 1. The van der Waals surface area contributed by atoms with Crippen LogP contribution in [0.2, 0.25) is 10.0 Å². The smallest absolute Gasteiger partial charge is 0.146 e. The molecule has 0 spiro atoms. The van der Waals surface area contributed by atoms with Crippen molar-refractivity contribution in [3.8, 4) is 11.3 Å². The number of anilines is 1. The van der Waals surface area contributed by atoms with E-state index in [4.69, 9.17) is 28.9 Å². The Hall–Kier alpha value is -1.32. The van der Waals surface area contributed by atoms with Crippen LogP contribution in [0.5, 0.6) is 0 Å². The second-order valence-electron chi connectivity index (χ2n) is 3.84.